The summed E-state index contributed by atoms with van der Waals surface area (Å²) in [5.74, 6) is -0.217. The van der Waals surface area contributed by atoms with Crippen LogP contribution in [-0.2, 0) is 9.53 Å². The lowest BCUT2D eigenvalue weighted by Crippen LogP contribution is -2.35. The van der Waals surface area contributed by atoms with E-state index in [9.17, 15) is 4.79 Å². The first-order valence-corrected chi connectivity index (χ1v) is 6.36. The van der Waals surface area contributed by atoms with Gasteiger partial charge in [-0.3, -0.25) is 5.32 Å². The zero-order chi connectivity index (χ0) is 12.1. The summed E-state index contributed by atoms with van der Waals surface area (Å²) in [7, 11) is 1.43. The number of ether oxygens (including phenoxy) is 1. The minimum absolute atomic E-state index is 0.217. The molecule has 0 amide bonds. The topological polar surface area (TPSA) is 38.3 Å². The molecule has 0 aliphatic carbocycles. The van der Waals surface area contributed by atoms with Crippen molar-refractivity contribution in [3.05, 3.63) is 21.9 Å². The maximum Gasteiger partial charge on any atom is 0.328 e. The SMILES string of the molecule is CCC(C)NC(C(=O)OC)c1sccc1C. The molecule has 0 bridgehead atoms. The molecule has 0 aliphatic rings. The van der Waals surface area contributed by atoms with Crippen LogP contribution in [0.4, 0.5) is 0 Å². The number of aryl methyl sites for hydroxylation is 1. The second-order valence-corrected chi connectivity index (χ2v) is 4.85. The molecule has 0 saturated carbocycles. The molecular formula is C12H19NO2S. The van der Waals surface area contributed by atoms with Crippen LogP contribution in [0, 0.1) is 6.92 Å². The van der Waals surface area contributed by atoms with E-state index in [1.807, 2.05) is 18.4 Å². The number of carbonyl (C=O) groups is 1. The summed E-state index contributed by atoms with van der Waals surface area (Å²) in [6.45, 7) is 6.17. The summed E-state index contributed by atoms with van der Waals surface area (Å²) in [5, 5.41) is 5.30. The molecule has 0 saturated heterocycles. The van der Waals surface area contributed by atoms with Crippen LogP contribution in [0.15, 0.2) is 11.4 Å². The van der Waals surface area contributed by atoms with Crippen molar-refractivity contribution in [2.75, 3.05) is 7.11 Å². The van der Waals surface area contributed by atoms with E-state index in [-0.39, 0.29) is 12.0 Å². The van der Waals surface area contributed by atoms with Gasteiger partial charge in [0.25, 0.3) is 0 Å². The quantitative estimate of drug-likeness (QED) is 0.805. The highest BCUT2D eigenvalue weighted by Gasteiger charge is 2.25. The van der Waals surface area contributed by atoms with Gasteiger partial charge < -0.3 is 4.74 Å². The van der Waals surface area contributed by atoms with E-state index in [4.69, 9.17) is 4.74 Å². The van der Waals surface area contributed by atoms with E-state index in [2.05, 4.69) is 19.2 Å². The highest BCUT2D eigenvalue weighted by atomic mass is 32.1. The Balaban J connectivity index is 2.88. The molecule has 0 spiro atoms. The predicted octanol–water partition coefficient (Wildman–Crippen LogP) is 2.66. The van der Waals surface area contributed by atoms with Crippen LogP contribution in [0.25, 0.3) is 0 Å². The van der Waals surface area contributed by atoms with Gasteiger partial charge in [0.05, 0.1) is 7.11 Å². The Bertz CT molecular complexity index is 349. The number of nitrogens with one attached hydrogen (secondary N) is 1. The van der Waals surface area contributed by atoms with Crippen molar-refractivity contribution >= 4 is 17.3 Å². The fourth-order valence-corrected chi connectivity index (χ4v) is 2.42. The normalized spacial score (nSPS) is 14.5. The van der Waals surface area contributed by atoms with Crippen LogP contribution in [-0.4, -0.2) is 19.1 Å². The second kappa shape index (κ2) is 6.01. The Morgan fingerprint density at radius 2 is 2.31 bits per heavy atom. The summed E-state index contributed by atoms with van der Waals surface area (Å²) >= 11 is 1.59. The fraction of sp³-hybridized carbons (Fsp3) is 0.583. The van der Waals surface area contributed by atoms with Crippen LogP contribution in [0.5, 0.6) is 0 Å². The number of hydrogen-bond acceptors (Lipinski definition) is 4. The summed E-state index contributed by atoms with van der Waals surface area (Å²) < 4.78 is 4.84. The first-order chi connectivity index (χ1) is 7.60. The monoisotopic (exact) mass is 241 g/mol. The third-order valence-electron chi connectivity index (χ3n) is 2.66. The maximum atomic E-state index is 11.7. The van der Waals surface area contributed by atoms with E-state index in [0.29, 0.717) is 6.04 Å². The Hall–Kier alpha value is -0.870. The van der Waals surface area contributed by atoms with Gasteiger partial charge in [0.15, 0.2) is 0 Å². The Kier molecular flexibility index (Phi) is 4.96. The van der Waals surface area contributed by atoms with E-state index >= 15 is 0 Å². The molecule has 1 heterocycles. The van der Waals surface area contributed by atoms with Gasteiger partial charge in [-0.25, -0.2) is 4.79 Å². The third-order valence-corrected chi connectivity index (χ3v) is 3.75. The maximum absolute atomic E-state index is 11.7. The standard InChI is InChI=1S/C12H19NO2S/c1-5-9(3)13-10(12(14)15-4)11-8(2)6-7-16-11/h6-7,9-10,13H,5H2,1-4H3. The summed E-state index contributed by atoms with van der Waals surface area (Å²) in [6.07, 6.45) is 0.984. The fourth-order valence-electron chi connectivity index (χ4n) is 1.45. The van der Waals surface area contributed by atoms with Crippen LogP contribution in [0.1, 0.15) is 36.8 Å². The van der Waals surface area contributed by atoms with Gasteiger partial charge in [-0.2, -0.15) is 0 Å². The van der Waals surface area contributed by atoms with Crippen molar-refractivity contribution in [2.24, 2.45) is 0 Å². The molecule has 0 fully saturated rings. The Labute approximate surface area is 101 Å². The van der Waals surface area contributed by atoms with Crippen molar-refractivity contribution in [3.8, 4) is 0 Å². The lowest BCUT2D eigenvalue weighted by Gasteiger charge is -2.20. The van der Waals surface area contributed by atoms with Gasteiger partial charge in [-0.05, 0) is 37.3 Å². The minimum Gasteiger partial charge on any atom is -0.468 e. The average molecular weight is 241 g/mol. The highest BCUT2D eigenvalue weighted by molar-refractivity contribution is 7.10. The number of rotatable bonds is 5. The van der Waals surface area contributed by atoms with E-state index in [0.717, 1.165) is 16.9 Å². The van der Waals surface area contributed by atoms with Crippen LogP contribution >= 0.6 is 11.3 Å². The molecule has 1 aromatic rings. The van der Waals surface area contributed by atoms with E-state index in [1.165, 1.54) is 7.11 Å². The molecule has 4 heteroatoms. The zero-order valence-corrected chi connectivity index (χ0v) is 11.1. The van der Waals surface area contributed by atoms with Gasteiger partial charge >= 0.3 is 5.97 Å². The molecule has 1 N–H and O–H groups in total. The molecule has 1 aromatic heterocycles. The first-order valence-electron chi connectivity index (χ1n) is 5.48. The van der Waals surface area contributed by atoms with Crippen molar-refractivity contribution in [3.63, 3.8) is 0 Å². The highest BCUT2D eigenvalue weighted by Crippen LogP contribution is 2.25. The molecule has 3 nitrogen and oxygen atoms in total. The number of methoxy groups -OCH3 is 1. The number of thiophene rings is 1. The van der Waals surface area contributed by atoms with Crippen molar-refractivity contribution in [2.45, 2.75) is 39.3 Å². The molecular weight excluding hydrogens is 222 g/mol. The second-order valence-electron chi connectivity index (χ2n) is 3.90. The van der Waals surface area contributed by atoms with Gasteiger partial charge in [0.1, 0.15) is 6.04 Å². The van der Waals surface area contributed by atoms with Gasteiger partial charge in [0.2, 0.25) is 0 Å². The summed E-state index contributed by atoms with van der Waals surface area (Å²) in [4.78, 5) is 12.8. The smallest absolute Gasteiger partial charge is 0.328 e. The lowest BCUT2D eigenvalue weighted by atomic mass is 10.1. The number of hydrogen-bond donors (Lipinski definition) is 1. The Morgan fingerprint density at radius 1 is 1.62 bits per heavy atom. The molecule has 0 aromatic carbocycles. The largest absolute Gasteiger partial charge is 0.468 e. The molecule has 90 valence electrons. The van der Waals surface area contributed by atoms with Crippen molar-refractivity contribution in [1.82, 2.24) is 5.32 Å². The van der Waals surface area contributed by atoms with E-state index in [1.54, 1.807) is 11.3 Å². The molecule has 0 aliphatic heterocycles. The van der Waals surface area contributed by atoms with Gasteiger partial charge in [0, 0.05) is 10.9 Å². The molecule has 16 heavy (non-hydrogen) atoms. The van der Waals surface area contributed by atoms with E-state index < -0.39 is 0 Å². The third kappa shape index (κ3) is 3.06. The van der Waals surface area contributed by atoms with Gasteiger partial charge in [-0.15, -0.1) is 11.3 Å². The first kappa shape index (κ1) is 13.2. The van der Waals surface area contributed by atoms with Crippen LogP contribution < -0.4 is 5.32 Å². The molecule has 2 atom stereocenters. The average Bonchev–Trinajstić information content (AvgIpc) is 2.70. The predicted molar refractivity (Wildman–Crippen MR) is 66.7 cm³/mol. The minimum atomic E-state index is -0.333. The van der Waals surface area contributed by atoms with Crippen LogP contribution in [0.2, 0.25) is 0 Å². The Morgan fingerprint density at radius 3 is 2.75 bits per heavy atom. The zero-order valence-electron chi connectivity index (χ0n) is 10.2. The summed E-state index contributed by atoms with van der Waals surface area (Å²) in [6, 6.07) is 1.99. The molecule has 0 radical (unpaired) electrons. The molecule has 2 unspecified atom stereocenters. The molecule has 1 rings (SSSR count). The number of carbonyl (C=O) groups excluding carboxylic acids is 1. The summed E-state index contributed by atoms with van der Waals surface area (Å²) in [5.41, 5.74) is 1.14. The van der Waals surface area contributed by atoms with Crippen molar-refractivity contribution in [1.29, 1.82) is 0 Å². The van der Waals surface area contributed by atoms with Gasteiger partial charge in [-0.1, -0.05) is 6.92 Å². The van der Waals surface area contributed by atoms with Crippen LogP contribution in [0.3, 0.4) is 0 Å². The number of esters is 1. The van der Waals surface area contributed by atoms with Crippen molar-refractivity contribution < 1.29 is 9.53 Å². The lowest BCUT2D eigenvalue weighted by molar-refractivity contribution is -0.143.